The molecule has 3 N–H and O–H groups in total. The van der Waals surface area contributed by atoms with Gasteiger partial charge in [-0.05, 0) is 43.0 Å². The topological polar surface area (TPSA) is 49.5 Å². The van der Waals surface area contributed by atoms with Gasteiger partial charge in [0.05, 0.1) is 6.10 Å². The van der Waals surface area contributed by atoms with Crippen molar-refractivity contribution < 1.29 is 5.11 Å². The lowest BCUT2D eigenvalue weighted by molar-refractivity contribution is 0.0939. The average molecular weight is 248 g/mol. The number of nitrogens with zero attached hydrogens (tertiary/aromatic N) is 1. The summed E-state index contributed by atoms with van der Waals surface area (Å²) < 4.78 is 0. The first-order chi connectivity index (χ1) is 8.58. The third-order valence-electron chi connectivity index (χ3n) is 3.91. The molecule has 1 aliphatic rings. The van der Waals surface area contributed by atoms with Gasteiger partial charge in [-0.1, -0.05) is 26.0 Å². The van der Waals surface area contributed by atoms with Gasteiger partial charge >= 0.3 is 0 Å². The number of hydrogen-bond acceptors (Lipinski definition) is 3. The molecule has 0 spiro atoms. The van der Waals surface area contributed by atoms with Crippen LogP contribution in [0.3, 0.4) is 0 Å². The highest BCUT2D eigenvalue weighted by atomic mass is 16.3. The number of benzene rings is 1. The molecule has 3 nitrogen and oxygen atoms in total. The van der Waals surface area contributed by atoms with E-state index in [9.17, 15) is 5.11 Å². The third-order valence-corrected chi connectivity index (χ3v) is 3.91. The van der Waals surface area contributed by atoms with Crippen molar-refractivity contribution >= 4 is 5.69 Å². The van der Waals surface area contributed by atoms with E-state index in [1.165, 1.54) is 12.8 Å². The van der Waals surface area contributed by atoms with E-state index in [0.29, 0.717) is 12.0 Å². The Morgan fingerprint density at radius 1 is 1.33 bits per heavy atom. The minimum atomic E-state index is -0.412. The fraction of sp³-hybridized carbons (Fsp3) is 0.600. The van der Waals surface area contributed by atoms with Crippen LogP contribution >= 0.6 is 0 Å². The van der Waals surface area contributed by atoms with Gasteiger partial charge in [0.1, 0.15) is 0 Å². The van der Waals surface area contributed by atoms with Crippen LogP contribution in [0, 0.1) is 5.92 Å². The molecule has 1 heterocycles. The lowest BCUT2D eigenvalue weighted by atomic mass is 10.0. The van der Waals surface area contributed by atoms with E-state index < -0.39 is 6.10 Å². The molecule has 0 amide bonds. The van der Waals surface area contributed by atoms with Crippen molar-refractivity contribution in [1.29, 1.82) is 0 Å². The van der Waals surface area contributed by atoms with E-state index in [0.717, 1.165) is 24.3 Å². The number of nitrogen functional groups attached to an aromatic ring is 1. The second-order valence-electron chi connectivity index (χ2n) is 5.63. The molecule has 0 bridgehead atoms. The minimum absolute atomic E-state index is 0.412. The molecule has 0 radical (unpaired) electrons. The number of rotatable bonds is 4. The van der Waals surface area contributed by atoms with E-state index in [4.69, 9.17) is 5.73 Å². The summed E-state index contributed by atoms with van der Waals surface area (Å²) in [6, 6.07) is 8.15. The molecule has 2 rings (SSSR count). The van der Waals surface area contributed by atoms with Gasteiger partial charge in [0, 0.05) is 18.3 Å². The van der Waals surface area contributed by atoms with Gasteiger partial charge in [-0.25, -0.2) is 0 Å². The van der Waals surface area contributed by atoms with Crippen molar-refractivity contribution in [3.63, 3.8) is 0 Å². The molecule has 0 saturated carbocycles. The smallest absolute Gasteiger partial charge is 0.0917 e. The number of β-amino-alcohol motifs (C(OH)–C–C–N with tert-alkyl or cyclic N) is 1. The molecule has 0 aromatic heterocycles. The lowest BCUT2D eigenvalue weighted by Gasteiger charge is -2.29. The quantitative estimate of drug-likeness (QED) is 0.805. The van der Waals surface area contributed by atoms with Crippen molar-refractivity contribution in [2.24, 2.45) is 5.92 Å². The Bertz CT molecular complexity index is 375. The zero-order valence-electron chi connectivity index (χ0n) is 11.3. The number of aliphatic hydroxyl groups excluding tert-OH is 1. The Hall–Kier alpha value is -1.06. The molecule has 2 unspecified atom stereocenters. The van der Waals surface area contributed by atoms with Gasteiger partial charge < -0.3 is 10.8 Å². The Balaban J connectivity index is 1.98. The Morgan fingerprint density at radius 3 is 2.61 bits per heavy atom. The highest BCUT2D eigenvalue weighted by Crippen LogP contribution is 2.26. The maximum absolute atomic E-state index is 10.3. The third kappa shape index (κ3) is 3.03. The van der Waals surface area contributed by atoms with Gasteiger partial charge in [0.2, 0.25) is 0 Å². The number of hydrogen-bond donors (Lipinski definition) is 2. The number of anilines is 1. The van der Waals surface area contributed by atoms with Crippen molar-refractivity contribution in [2.45, 2.75) is 38.8 Å². The van der Waals surface area contributed by atoms with Crippen molar-refractivity contribution in [2.75, 3.05) is 18.8 Å². The molecular weight excluding hydrogens is 224 g/mol. The van der Waals surface area contributed by atoms with Crippen LogP contribution < -0.4 is 5.73 Å². The molecule has 1 aromatic rings. The van der Waals surface area contributed by atoms with Gasteiger partial charge in [-0.3, -0.25) is 4.90 Å². The van der Waals surface area contributed by atoms with Crippen LogP contribution in [-0.4, -0.2) is 29.1 Å². The molecule has 2 atom stereocenters. The van der Waals surface area contributed by atoms with Crippen LogP contribution in [0.5, 0.6) is 0 Å². The van der Waals surface area contributed by atoms with E-state index in [2.05, 4.69) is 18.7 Å². The molecule has 1 fully saturated rings. The van der Waals surface area contributed by atoms with E-state index in [1.807, 2.05) is 24.3 Å². The first-order valence-electron chi connectivity index (χ1n) is 6.85. The zero-order valence-corrected chi connectivity index (χ0v) is 11.3. The molecule has 0 aliphatic carbocycles. The van der Waals surface area contributed by atoms with Gasteiger partial charge in [0.15, 0.2) is 0 Å². The van der Waals surface area contributed by atoms with Crippen LogP contribution in [0.15, 0.2) is 24.3 Å². The predicted octanol–water partition coefficient (Wildman–Crippen LogP) is 2.42. The monoisotopic (exact) mass is 248 g/mol. The van der Waals surface area contributed by atoms with Crippen molar-refractivity contribution in [3.8, 4) is 0 Å². The van der Waals surface area contributed by atoms with Gasteiger partial charge in [0.25, 0.3) is 0 Å². The molecule has 100 valence electrons. The molecule has 1 saturated heterocycles. The van der Waals surface area contributed by atoms with E-state index in [-0.39, 0.29) is 0 Å². The zero-order chi connectivity index (χ0) is 13.1. The fourth-order valence-corrected chi connectivity index (χ4v) is 2.88. The first-order valence-corrected chi connectivity index (χ1v) is 6.85. The summed E-state index contributed by atoms with van der Waals surface area (Å²) in [6.45, 7) is 6.36. The summed E-state index contributed by atoms with van der Waals surface area (Å²) in [4.78, 5) is 2.42. The van der Waals surface area contributed by atoms with Crippen molar-refractivity contribution in [1.82, 2.24) is 4.90 Å². The number of likely N-dealkylation sites (tertiary alicyclic amines) is 1. The van der Waals surface area contributed by atoms with Crippen LogP contribution in [0.25, 0.3) is 0 Å². The Kier molecular flexibility index (Phi) is 4.25. The van der Waals surface area contributed by atoms with Crippen molar-refractivity contribution in [3.05, 3.63) is 29.8 Å². The highest BCUT2D eigenvalue weighted by Gasteiger charge is 2.28. The summed E-state index contributed by atoms with van der Waals surface area (Å²) >= 11 is 0. The van der Waals surface area contributed by atoms with Gasteiger partial charge in [-0.2, -0.15) is 0 Å². The molecule has 18 heavy (non-hydrogen) atoms. The fourth-order valence-electron chi connectivity index (χ4n) is 2.88. The standard InChI is InChI=1S/C15H24N2O/c1-11(2)14-4-3-9-17(14)10-15(18)12-5-7-13(16)8-6-12/h5-8,11,14-15,18H,3-4,9-10,16H2,1-2H3. The van der Waals surface area contributed by atoms with Crippen LogP contribution in [0.2, 0.25) is 0 Å². The Morgan fingerprint density at radius 2 is 2.00 bits per heavy atom. The van der Waals surface area contributed by atoms with E-state index >= 15 is 0 Å². The number of nitrogens with two attached hydrogens (primary N) is 1. The first kappa shape index (κ1) is 13.4. The second kappa shape index (κ2) is 5.72. The average Bonchev–Trinajstić information content (AvgIpc) is 2.78. The highest BCUT2D eigenvalue weighted by molar-refractivity contribution is 5.39. The normalized spacial score (nSPS) is 22.6. The summed E-state index contributed by atoms with van der Waals surface area (Å²) in [5, 5.41) is 10.3. The van der Waals surface area contributed by atoms with Crippen LogP contribution in [0.1, 0.15) is 38.4 Å². The van der Waals surface area contributed by atoms with Gasteiger partial charge in [-0.15, -0.1) is 0 Å². The Labute approximate surface area is 110 Å². The summed E-state index contributed by atoms with van der Waals surface area (Å²) in [6.07, 6.45) is 2.09. The molecule has 1 aromatic carbocycles. The summed E-state index contributed by atoms with van der Waals surface area (Å²) in [7, 11) is 0. The molecular formula is C15H24N2O. The summed E-state index contributed by atoms with van der Waals surface area (Å²) in [5.74, 6) is 0.658. The maximum atomic E-state index is 10.3. The van der Waals surface area contributed by atoms with Crippen LogP contribution in [0.4, 0.5) is 5.69 Å². The van der Waals surface area contributed by atoms with E-state index in [1.54, 1.807) is 0 Å². The van der Waals surface area contributed by atoms with Crippen LogP contribution in [-0.2, 0) is 0 Å². The lowest BCUT2D eigenvalue weighted by Crippen LogP contribution is -2.36. The SMILES string of the molecule is CC(C)C1CCCN1CC(O)c1ccc(N)cc1. The predicted molar refractivity (Wildman–Crippen MR) is 75.2 cm³/mol. The maximum Gasteiger partial charge on any atom is 0.0917 e. The second-order valence-corrected chi connectivity index (χ2v) is 5.63. The summed E-state index contributed by atoms with van der Waals surface area (Å²) in [5.41, 5.74) is 7.36. The molecule has 3 heteroatoms. The largest absolute Gasteiger partial charge is 0.399 e. The number of aliphatic hydroxyl groups is 1. The minimum Gasteiger partial charge on any atom is -0.399 e. The molecule has 1 aliphatic heterocycles.